The molecule has 5 rings (SSSR count). The van der Waals surface area contributed by atoms with Crippen molar-refractivity contribution in [3.63, 3.8) is 0 Å². The van der Waals surface area contributed by atoms with Crippen LogP contribution < -0.4 is 5.32 Å². The smallest absolute Gasteiger partial charge is 0.274 e. The van der Waals surface area contributed by atoms with E-state index in [0.29, 0.717) is 5.92 Å². The van der Waals surface area contributed by atoms with Gasteiger partial charge >= 0.3 is 0 Å². The summed E-state index contributed by atoms with van der Waals surface area (Å²) in [5.41, 5.74) is 2.94. The van der Waals surface area contributed by atoms with Crippen molar-refractivity contribution in [2.45, 2.75) is 44.1 Å². The normalized spacial score (nSPS) is 15.3. The number of amidine groups is 1. The van der Waals surface area contributed by atoms with Gasteiger partial charge in [0.2, 0.25) is 0 Å². The van der Waals surface area contributed by atoms with Gasteiger partial charge in [-0.05, 0) is 61.6 Å². The van der Waals surface area contributed by atoms with Gasteiger partial charge in [0, 0.05) is 35.6 Å². The minimum absolute atomic E-state index is 0.0348. The van der Waals surface area contributed by atoms with Crippen molar-refractivity contribution in [2.24, 2.45) is 0 Å². The van der Waals surface area contributed by atoms with Crippen molar-refractivity contribution < 1.29 is 9.18 Å². The van der Waals surface area contributed by atoms with Crippen LogP contribution in [0.15, 0.2) is 54.9 Å². The third-order valence-corrected chi connectivity index (χ3v) is 6.48. The molecule has 0 radical (unpaired) electrons. The number of hydrogen-bond donors (Lipinski definition) is 3. The third kappa shape index (κ3) is 4.31. The van der Waals surface area contributed by atoms with Gasteiger partial charge < -0.3 is 10.2 Å². The molecule has 0 aliphatic heterocycles. The van der Waals surface area contributed by atoms with Crippen LogP contribution >= 0.6 is 0 Å². The molecule has 0 spiro atoms. The second-order valence-electron chi connectivity index (χ2n) is 8.77. The molecule has 2 fully saturated rings. The quantitative estimate of drug-likeness (QED) is 0.336. The third-order valence-electron chi connectivity index (χ3n) is 6.48. The number of hydrogen-bond acceptors (Lipinski definition) is 5. The van der Waals surface area contributed by atoms with E-state index in [1.54, 1.807) is 18.3 Å². The molecule has 7 nitrogen and oxygen atoms in total. The lowest BCUT2D eigenvalue weighted by atomic mass is 9.82. The minimum Gasteiger partial charge on any atom is -0.318 e. The predicted octanol–water partition coefficient (Wildman–Crippen LogP) is 5.20. The van der Waals surface area contributed by atoms with Gasteiger partial charge in [-0.3, -0.25) is 25.6 Å². The number of benzene rings is 1. The summed E-state index contributed by atoms with van der Waals surface area (Å²) in [5, 5.41) is 18.5. The van der Waals surface area contributed by atoms with E-state index in [4.69, 9.17) is 10.8 Å². The van der Waals surface area contributed by atoms with Gasteiger partial charge in [0.1, 0.15) is 11.5 Å². The average molecular weight is 457 g/mol. The molecule has 2 aliphatic carbocycles. The highest BCUT2D eigenvalue weighted by Gasteiger charge is 2.31. The average Bonchev–Trinajstić information content (AvgIpc) is 3.65. The molecular formula is C26H25FN6O. The molecule has 1 amide bonds. The highest BCUT2D eigenvalue weighted by molar-refractivity contribution is 6.06. The summed E-state index contributed by atoms with van der Waals surface area (Å²) in [6, 6.07) is 12.1. The van der Waals surface area contributed by atoms with Crippen molar-refractivity contribution >= 4 is 23.8 Å². The molecule has 3 aromatic rings. The van der Waals surface area contributed by atoms with E-state index in [1.165, 1.54) is 36.3 Å². The van der Waals surface area contributed by atoms with Gasteiger partial charge in [0.15, 0.2) is 5.82 Å². The molecule has 34 heavy (non-hydrogen) atoms. The highest BCUT2D eigenvalue weighted by atomic mass is 19.1. The van der Waals surface area contributed by atoms with Crippen molar-refractivity contribution in [1.29, 1.82) is 10.8 Å². The van der Waals surface area contributed by atoms with E-state index in [2.05, 4.69) is 15.3 Å². The molecule has 2 aromatic heterocycles. The van der Waals surface area contributed by atoms with Gasteiger partial charge in [-0.2, -0.15) is 0 Å². The van der Waals surface area contributed by atoms with Gasteiger partial charge in [-0.1, -0.05) is 18.6 Å². The van der Waals surface area contributed by atoms with E-state index in [0.717, 1.165) is 36.0 Å². The first kappa shape index (κ1) is 21.9. The van der Waals surface area contributed by atoms with E-state index >= 15 is 4.39 Å². The predicted molar refractivity (Wildman–Crippen MR) is 129 cm³/mol. The van der Waals surface area contributed by atoms with Crippen LogP contribution in [-0.4, -0.2) is 39.0 Å². The van der Waals surface area contributed by atoms with Crippen LogP contribution in [0.3, 0.4) is 0 Å². The molecule has 2 heterocycles. The van der Waals surface area contributed by atoms with Crippen LogP contribution in [0.5, 0.6) is 0 Å². The molecular weight excluding hydrogens is 431 g/mol. The zero-order valence-corrected chi connectivity index (χ0v) is 18.6. The maximum absolute atomic E-state index is 15.2. The summed E-state index contributed by atoms with van der Waals surface area (Å²) in [6.45, 7) is 0. The van der Waals surface area contributed by atoms with Crippen LogP contribution in [0.1, 0.15) is 59.8 Å². The van der Waals surface area contributed by atoms with Gasteiger partial charge in [-0.15, -0.1) is 0 Å². The zero-order valence-electron chi connectivity index (χ0n) is 18.6. The number of anilines is 1. The summed E-state index contributed by atoms with van der Waals surface area (Å²) < 4.78 is 15.2. The number of nitrogens with one attached hydrogen (secondary N) is 3. The topological polar surface area (TPSA) is 106 Å². The van der Waals surface area contributed by atoms with Gasteiger partial charge in [-0.25, -0.2) is 4.39 Å². The van der Waals surface area contributed by atoms with Crippen LogP contribution in [-0.2, 0) is 0 Å². The molecule has 8 heteroatoms. The van der Waals surface area contributed by atoms with Crippen molar-refractivity contribution in [3.05, 3.63) is 77.6 Å². The molecule has 172 valence electrons. The summed E-state index contributed by atoms with van der Waals surface area (Å²) in [4.78, 5) is 23.1. The largest absolute Gasteiger partial charge is 0.318 e. The fraction of sp³-hybridized carbons (Fsp3) is 0.269. The Hall–Kier alpha value is -3.94. The van der Waals surface area contributed by atoms with Crippen LogP contribution in [0.4, 0.5) is 10.1 Å². The molecule has 1 aromatic carbocycles. The molecule has 2 saturated carbocycles. The molecule has 0 unspecified atom stereocenters. The van der Waals surface area contributed by atoms with Gasteiger partial charge in [0.05, 0.1) is 17.6 Å². The molecule has 0 bridgehead atoms. The molecule has 0 atom stereocenters. The lowest BCUT2D eigenvalue weighted by molar-refractivity contribution is 0.102. The lowest BCUT2D eigenvalue weighted by Crippen LogP contribution is -2.32. The Bertz CT molecular complexity index is 1250. The molecule has 2 aliphatic rings. The minimum atomic E-state index is -0.708. The Kier molecular flexibility index (Phi) is 5.88. The van der Waals surface area contributed by atoms with Crippen molar-refractivity contribution in [1.82, 2.24) is 14.9 Å². The van der Waals surface area contributed by atoms with Crippen LogP contribution in [0.2, 0.25) is 0 Å². The van der Waals surface area contributed by atoms with Crippen molar-refractivity contribution in [2.75, 3.05) is 5.32 Å². The number of halogens is 1. The number of carbonyl (C=O) groups is 1. The summed E-state index contributed by atoms with van der Waals surface area (Å²) in [6.07, 6.45) is 9.77. The van der Waals surface area contributed by atoms with E-state index in [9.17, 15) is 4.79 Å². The fourth-order valence-corrected chi connectivity index (χ4v) is 4.10. The van der Waals surface area contributed by atoms with Crippen LogP contribution in [0, 0.1) is 16.6 Å². The maximum Gasteiger partial charge on any atom is 0.274 e. The van der Waals surface area contributed by atoms with Crippen molar-refractivity contribution in [3.8, 4) is 11.1 Å². The van der Waals surface area contributed by atoms with E-state index in [1.807, 2.05) is 24.4 Å². The van der Waals surface area contributed by atoms with Crippen LogP contribution in [0.25, 0.3) is 11.1 Å². The SMILES string of the molecule is N=CN(C(=N)c1cccc(NC(=O)c2cc(-c3ccc(C4CCC4)nc3)ccn2)c1F)C1CC1. The number of aromatic nitrogens is 2. The van der Waals surface area contributed by atoms with E-state index < -0.39 is 11.7 Å². The first-order valence-corrected chi connectivity index (χ1v) is 11.4. The second-order valence-corrected chi connectivity index (χ2v) is 8.77. The standard InChI is InChI=1S/C26H25FN6O/c27-24-20(25(29)33(15-28)19-8-9-19)5-2-6-22(24)32-26(34)23-13-17(11-12-30-23)18-7-10-21(31-14-18)16-3-1-4-16/h2,5-7,10-16,19,28-29H,1,3-4,8-9H2,(H,32,34). The Morgan fingerprint density at radius 1 is 1.09 bits per heavy atom. The van der Waals surface area contributed by atoms with Gasteiger partial charge in [0.25, 0.3) is 5.91 Å². The second kappa shape index (κ2) is 9.13. The fourth-order valence-electron chi connectivity index (χ4n) is 4.10. The summed E-state index contributed by atoms with van der Waals surface area (Å²) in [7, 11) is 0. The monoisotopic (exact) mass is 456 g/mol. The first-order chi connectivity index (χ1) is 16.5. The molecule has 0 saturated heterocycles. The summed E-state index contributed by atoms with van der Waals surface area (Å²) in [5.74, 6) is -0.797. The Morgan fingerprint density at radius 3 is 2.56 bits per heavy atom. The Morgan fingerprint density at radius 2 is 1.91 bits per heavy atom. The van der Waals surface area contributed by atoms with E-state index in [-0.39, 0.29) is 28.8 Å². The number of nitrogens with zero attached hydrogens (tertiary/aromatic N) is 3. The lowest BCUT2D eigenvalue weighted by Gasteiger charge is -2.24. The number of rotatable bonds is 7. The Labute approximate surface area is 197 Å². The highest BCUT2D eigenvalue weighted by Crippen LogP contribution is 2.35. The molecule has 3 N–H and O–H groups in total. The number of carbonyl (C=O) groups excluding carboxylic acids is 1. The number of amides is 1. The zero-order chi connectivity index (χ0) is 23.7. The Balaban J connectivity index is 1.34. The summed E-state index contributed by atoms with van der Waals surface area (Å²) >= 11 is 0. The number of pyridine rings is 2. The maximum atomic E-state index is 15.2. The first-order valence-electron chi connectivity index (χ1n) is 11.4.